The van der Waals surface area contributed by atoms with Crippen molar-refractivity contribution in [3.8, 4) is 0 Å². The van der Waals surface area contributed by atoms with Gasteiger partial charge in [0.1, 0.15) is 5.82 Å². The van der Waals surface area contributed by atoms with Crippen LogP contribution in [0.1, 0.15) is 25.0 Å². The second-order valence-electron chi connectivity index (χ2n) is 6.40. The van der Waals surface area contributed by atoms with Gasteiger partial charge in [-0.05, 0) is 29.7 Å². The van der Waals surface area contributed by atoms with Gasteiger partial charge in [-0.1, -0.05) is 56.3 Å². The lowest BCUT2D eigenvalue weighted by molar-refractivity contribution is -0.122. The van der Waals surface area contributed by atoms with E-state index < -0.39 is 6.04 Å². The Balaban J connectivity index is 1.91. The predicted molar refractivity (Wildman–Crippen MR) is 90.6 cm³/mol. The summed E-state index contributed by atoms with van der Waals surface area (Å²) < 4.78 is 13.0. The number of nitrogens with two attached hydrogens (primary N) is 1. The number of amides is 1. The van der Waals surface area contributed by atoms with Gasteiger partial charge in [0.05, 0.1) is 6.04 Å². The third-order valence-corrected chi connectivity index (χ3v) is 3.97. The van der Waals surface area contributed by atoms with Crippen LogP contribution in [-0.2, 0) is 16.6 Å². The van der Waals surface area contributed by atoms with E-state index in [1.807, 2.05) is 44.2 Å². The first-order valence-corrected chi connectivity index (χ1v) is 7.72. The summed E-state index contributed by atoms with van der Waals surface area (Å²) in [5.74, 6) is -0.442. The first kappa shape index (κ1) is 17.2. The van der Waals surface area contributed by atoms with Crippen LogP contribution in [0.15, 0.2) is 54.6 Å². The molecule has 1 atom stereocenters. The summed E-state index contributed by atoms with van der Waals surface area (Å²) in [6.45, 7) is 4.45. The third-order valence-electron chi connectivity index (χ3n) is 3.97. The van der Waals surface area contributed by atoms with Crippen LogP contribution in [0.5, 0.6) is 0 Å². The molecule has 0 bridgehead atoms. The van der Waals surface area contributed by atoms with Crippen LogP contribution in [0, 0.1) is 5.82 Å². The number of rotatable bonds is 6. The maximum absolute atomic E-state index is 13.0. The van der Waals surface area contributed by atoms with Crippen LogP contribution in [0.4, 0.5) is 4.39 Å². The first-order chi connectivity index (χ1) is 10.9. The molecule has 2 aromatic rings. The Morgan fingerprint density at radius 3 is 2.35 bits per heavy atom. The summed E-state index contributed by atoms with van der Waals surface area (Å²) in [6, 6.07) is 15.5. The average Bonchev–Trinajstić information content (AvgIpc) is 2.54. The molecule has 1 amide bonds. The van der Waals surface area contributed by atoms with Crippen LogP contribution in [0.25, 0.3) is 0 Å². The van der Waals surface area contributed by atoms with Gasteiger partial charge >= 0.3 is 0 Å². The van der Waals surface area contributed by atoms with Gasteiger partial charge in [-0.2, -0.15) is 0 Å². The van der Waals surface area contributed by atoms with Crippen LogP contribution < -0.4 is 11.1 Å². The molecular formula is C19H23FN2O. The summed E-state index contributed by atoms with van der Waals surface area (Å²) >= 11 is 0. The molecule has 0 saturated heterocycles. The Kier molecular flexibility index (Phi) is 5.50. The van der Waals surface area contributed by atoms with Gasteiger partial charge in [-0.3, -0.25) is 4.79 Å². The smallest absolute Gasteiger partial charge is 0.237 e. The SMILES string of the molecule is CC(C)(CNC(=O)[C@@H](N)Cc1ccccc1)c1ccc(F)cc1. The van der Waals surface area contributed by atoms with Crippen LogP contribution >= 0.6 is 0 Å². The van der Waals surface area contributed by atoms with Crippen molar-refractivity contribution in [1.82, 2.24) is 5.32 Å². The summed E-state index contributed by atoms with van der Waals surface area (Å²) in [7, 11) is 0. The van der Waals surface area contributed by atoms with Gasteiger partial charge in [0.15, 0.2) is 0 Å². The summed E-state index contributed by atoms with van der Waals surface area (Å²) in [6.07, 6.45) is 0.504. The largest absolute Gasteiger partial charge is 0.354 e. The molecule has 0 aliphatic rings. The molecule has 2 rings (SSSR count). The van der Waals surface area contributed by atoms with Gasteiger partial charge in [0.2, 0.25) is 5.91 Å². The molecule has 0 aromatic heterocycles. The molecule has 0 radical (unpaired) electrons. The molecule has 0 aliphatic carbocycles. The molecule has 23 heavy (non-hydrogen) atoms. The summed E-state index contributed by atoms with van der Waals surface area (Å²) in [4.78, 5) is 12.2. The van der Waals surface area contributed by atoms with Crippen molar-refractivity contribution in [2.24, 2.45) is 5.73 Å². The molecule has 3 N–H and O–H groups in total. The quantitative estimate of drug-likeness (QED) is 0.861. The topological polar surface area (TPSA) is 55.1 Å². The van der Waals surface area contributed by atoms with Gasteiger partial charge in [-0.15, -0.1) is 0 Å². The Bertz CT molecular complexity index is 638. The van der Waals surface area contributed by atoms with E-state index >= 15 is 0 Å². The Morgan fingerprint density at radius 1 is 1.13 bits per heavy atom. The van der Waals surface area contributed by atoms with E-state index in [9.17, 15) is 9.18 Å². The molecule has 0 unspecified atom stereocenters. The molecule has 122 valence electrons. The number of carbonyl (C=O) groups excluding carboxylic acids is 1. The number of carbonyl (C=O) groups is 1. The summed E-state index contributed by atoms with van der Waals surface area (Å²) in [5.41, 5.74) is 7.68. The van der Waals surface area contributed by atoms with E-state index in [4.69, 9.17) is 5.73 Å². The van der Waals surface area contributed by atoms with E-state index in [2.05, 4.69) is 5.32 Å². The lowest BCUT2D eigenvalue weighted by atomic mass is 9.84. The zero-order valence-corrected chi connectivity index (χ0v) is 13.6. The number of hydrogen-bond acceptors (Lipinski definition) is 2. The van der Waals surface area contributed by atoms with Crippen LogP contribution in [0.2, 0.25) is 0 Å². The molecule has 3 nitrogen and oxygen atoms in total. The molecule has 4 heteroatoms. The molecular weight excluding hydrogens is 291 g/mol. The summed E-state index contributed by atoms with van der Waals surface area (Å²) in [5, 5.41) is 2.90. The van der Waals surface area contributed by atoms with Gasteiger partial charge < -0.3 is 11.1 Å². The van der Waals surface area contributed by atoms with Crippen LogP contribution in [-0.4, -0.2) is 18.5 Å². The fourth-order valence-corrected chi connectivity index (χ4v) is 2.40. The standard InChI is InChI=1S/C19H23FN2O/c1-19(2,15-8-10-16(20)11-9-15)13-22-18(23)17(21)12-14-6-4-3-5-7-14/h3-11,17H,12-13,21H2,1-2H3,(H,22,23)/t17-/m0/s1. The number of nitrogens with one attached hydrogen (secondary N) is 1. The lowest BCUT2D eigenvalue weighted by Gasteiger charge is -2.26. The highest BCUT2D eigenvalue weighted by Gasteiger charge is 2.23. The highest BCUT2D eigenvalue weighted by Crippen LogP contribution is 2.22. The van der Waals surface area contributed by atoms with Crippen molar-refractivity contribution in [2.45, 2.75) is 31.7 Å². The molecule has 0 aliphatic heterocycles. The van der Waals surface area contributed by atoms with Crippen molar-refractivity contribution in [3.05, 3.63) is 71.5 Å². The van der Waals surface area contributed by atoms with Gasteiger partial charge in [0.25, 0.3) is 0 Å². The number of benzene rings is 2. The second-order valence-corrected chi connectivity index (χ2v) is 6.40. The molecule has 0 saturated carbocycles. The van der Waals surface area contributed by atoms with Gasteiger partial charge in [0, 0.05) is 12.0 Å². The van der Waals surface area contributed by atoms with Crippen molar-refractivity contribution < 1.29 is 9.18 Å². The second kappa shape index (κ2) is 7.38. The van der Waals surface area contributed by atoms with Gasteiger partial charge in [-0.25, -0.2) is 4.39 Å². The molecule has 0 spiro atoms. The number of halogens is 1. The normalized spacial score (nSPS) is 12.7. The maximum atomic E-state index is 13.0. The fraction of sp³-hybridized carbons (Fsp3) is 0.316. The van der Waals surface area contributed by atoms with Crippen molar-refractivity contribution in [1.29, 1.82) is 0 Å². The highest BCUT2D eigenvalue weighted by atomic mass is 19.1. The fourth-order valence-electron chi connectivity index (χ4n) is 2.40. The molecule has 2 aromatic carbocycles. The van der Waals surface area contributed by atoms with Crippen LogP contribution in [0.3, 0.4) is 0 Å². The minimum Gasteiger partial charge on any atom is -0.354 e. The van der Waals surface area contributed by atoms with E-state index in [-0.39, 0.29) is 17.1 Å². The van der Waals surface area contributed by atoms with Crippen molar-refractivity contribution >= 4 is 5.91 Å². The van der Waals surface area contributed by atoms with Crippen molar-refractivity contribution in [2.75, 3.05) is 6.54 Å². The maximum Gasteiger partial charge on any atom is 0.237 e. The predicted octanol–water partition coefficient (Wildman–Crippen LogP) is 2.79. The molecule has 0 heterocycles. The lowest BCUT2D eigenvalue weighted by Crippen LogP contribution is -2.46. The Labute approximate surface area is 136 Å². The number of hydrogen-bond donors (Lipinski definition) is 2. The minimum absolute atomic E-state index is 0.177. The zero-order chi connectivity index (χ0) is 16.9. The minimum atomic E-state index is -0.582. The first-order valence-electron chi connectivity index (χ1n) is 7.72. The Morgan fingerprint density at radius 2 is 1.74 bits per heavy atom. The van der Waals surface area contributed by atoms with E-state index in [1.165, 1.54) is 12.1 Å². The average molecular weight is 314 g/mol. The molecule has 0 fully saturated rings. The Hall–Kier alpha value is -2.20. The highest BCUT2D eigenvalue weighted by molar-refractivity contribution is 5.81. The zero-order valence-electron chi connectivity index (χ0n) is 13.6. The monoisotopic (exact) mass is 314 g/mol. The van der Waals surface area contributed by atoms with Crippen molar-refractivity contribution in [3.63, 3.8) is 0 Å². The van der Waals surface area contributed by atoms with E-state index in [1.54, 1.807) is 12.1 Å². The third kappa shape index (κ3) is 4.89. The van der Waals surface area contributed by atoms with E-state index in [0.717, 1.165) is 11.1 Å². The van der Waals surface area contributed by atoms with E-state index in [0.29, 0.717) is 13.0 Å².